The van der Waals surface area contributed by atoms with Crippen LogP contribution in [0.25, 0.3) is 11.3 Å². The zero-order valence-electron chi connectivity index (χ0n) is 17.8. The van der Waals surface area contributed by atoms with Gasteiger partial charge in [0, 0.05) is 36.7 Å². The highest BCUT2D eigenvalue weighted by molar-refractivity contribution is 5.79. The number of nitrogens with zero attached hydrogens (tertiary/aromatic N) is 3. The van der Waals surface area contributed by atoms with Crippen molar-refractivity contribution in [2.75, 3.05) is 18.0 Å². The molecule has 0 spiro atoms. The van der Waals surface area contributed by atoms with Crippen molar-refractivity contribution in [3.63, 3.8) is 0 Å². The Morgan fingerprint density at radius 2 is 1.67 bits per heavy atom. The molecule has 1 aliphatic rings. The zero-order chi connectivity index (χ0) is 23.3. The van der Waals surface area contributed by atoms with Crippen LogP contribution in [0, 0.1) is 5.92 Å². The quantitative estimate of drug-likeness (QED) is 0.588. The van der Waals surface area contributed by atoms with Crippen molar-refractivity contribution in [2.45, 2.75) is 25.7 Å². The average molecular weight is 456 g/mol. The maximum Gasteiger partial charge on any atom is 0.573 e. The van der Waals surface area contributed by atoms with Crippen molar-refractivity contribution in [1.82, 2.24) is 15.5 Å². The molecular formula is C24H23F3N4O2. The van der Waals surface area contributed by atoms with Gasteiger partial charge in [0.25, 0.3) is 0 Å². The highest BCUT2D eigenvalue weighted by atomic mass is 19.4. The molecule has 1 N–H and O–H groups in total. The zero-order valence-corrected chi connectivity index (χ0v) is 17.8. The number of halogens is 3. The molecule has 1 aromatic heterocycles. The minimum atomic E-state index is -4.78. The maximum atomic E-state index is 12.6. The standard InChI is InChI=1S/C24H23F3N4O2/c25-24(26,27)33-21-9-5-4-8-19(21)16-28-23(32)18-12-14-31(15-13-18)22-11-10-20(29-30-22)17-6-2-1-3-7-17/h1-11,18H,12-16H2,(H,28,32). The molecule has 1 saturated heterocycles. The van der Waals surface area contributed by atoms with Gasteiger partial charge in [0.2, 0.25) is 5.91 Å². The summed E-state index contributed by atoms with van der Waals surface area (Å²) < 4.78 is 41.8. The van der Waals surface area contributed by atoms with Crippen LogP contribution in [0.5, 0.6) is 5.75 Å². The molecule has 0 bridgehead atoms. The predicted octanol–water partition coefficient (Wildman–Crippen LogP) is 4.58. The van der Waals surface area contributed by atoms with E-state index in [1.807, 2.05) is 42.5 Å². The minimum absolute atomic E-state index is 0.0300. The Kier molecular flexibility index (Phi) is 6.76. The summed E-state index contributed by atoms with van der Waals surface area (Å²) in [5.41, 5.74) is 2.06. The molecule has 0 radical (unpaired) electrons. The van der Waals surface area contributed by atoms with Gasteiger partial charge in [0.1, 0.15) is 5.75 Å². The second kappa shape index (κ2) is 9.89. The first-order valence-electron chi connectivity index (χ1n) is 10.6. The lowest BCUT2D eigenvalue weighted by molar-refractivity contribution is -0.274. The van der Waals surface area contributed by atoms with E-state index >= 15 is 0 Å². The number of nitrogens with one attached hydrogen (secondary N) is 1. The molecule has 33 heavy (non-hydrogen) atoms. The van der Waals surface area contributed by atoms with Gasteiger partial charge < -0.3 is 15.0 Å². The number of alkyl halides is 3. The summed E-state index contributed by atoms with van der Waals surface area (Å²) in [6.07, 6.45) is -3.54. The number of rotatable bonds is 6. The highest BCUT2D eigenvalue weighted by Crippen LogP contribution is 2.27. The molecule has 0 unspecified atom stereocenters. The molecule has 2 aromatic carbocycles. The first kappa shape index (κ1) is 22.6. The van der Waals surface area contributed by atoms with E-state index in [1.165, 1.54) is 18.2 Å². The second-order valence-corrected chi connectivity index (χ2v) is 7.78. The number of aromatic nitrogens is 2. The molecule has 2 heterocycles. The van der Waals surface area contributed by atoms with Crippen molar-refractivity contribution in [1.29, 1.82) is 0 Å². The SMILES string of the molecule is O=C(NCc1ccccc1OC(F)(F)F)C1CCN(c2ccc(-c3ccccc3)nn2)CC1. The van der Waals surface area contributed by atoms with Crippen LogP contribution in [0.2, 0.25) is 0 Å². The summed E-state index contributed by atoms with van der Waals surface area (Å²) in [6.45, 7) is 1.26. The van der Waals surface area contributed by atoms with Gasteiger partial charge in [-0.2, -0.15) is 0 Å². The predicted molar refractivity (Wildman–Crippen MR) is 117 cm³/mol. The molecule has 0 atom stereocenters. The third-order valence-corrected chi connectivity index (χ3v) is 5.56. The first-order valence-corrected chi connectivity index (χ1v) is 10.6. The molecule has 1 amide bonds. The molecule has 172 valence electrons. The Labute approximate surface area is 189 Å². The van der Waals surface area contributed by atoms with Gasteiger partial charge >= 0.3 is 6.36 Å². The van der Waals surface area contributed by atoms with Gasteiger partial charge in [-0.1, -0.05) is 48.5 Å². The largest absolute Gasteiger partial charge is 0.573 e. The minimum Gasteiger partial charge on any atom is -0.405 e. The second-order valence-electron chi connectivity index (χ2n) is 7.78. The summed E-state index contributed by atoms with van der Waals surface area (Å²) in [7, 11) is 0. The normalized spacial score (nSPS) is 14.7. The third-order valence-electron chi connectivity index (χ3n) is 5.56. The lowest BCUT2D eigenvalue weighted by Gasteiger charge is -2.31. The van der Waals surface area contributed by atoms with Gasteiger partial charge in [-0.25, -0.2) is 0 Å². The number of anilines is 1. The fourth-order valence-electron chi connectivity index (χ4n) is 3.83. The number of carbonyl (C=O) groups is 1. The van der Waals surface area contributed by atoms with Gasteiger partial charge in [-0.3, -0.25) is 4.79 Å². The van der Waals surface area contributed by atoms with Crippen LogP contribution in [0.1, 0.15) is 18.4 Å². The Bertz CT molecular complexity index is 1070. The van der Waals surface area contributed by atoms with Gasteiger partial charge in [-0.15, -0.1) is 23.4 Å². The van der Waals surface area contributed by atoms with Crippen molar-refractivity contribution in [3.8, 4) is 17.0 Å². The lowest BCUT2D eigenvalue weighted by Crippen LogP contribution is -2.40. The molecular weight excluding hydrogens is 433 g/mol. The Hall–Kier alpha value is -3.62. The summed E-state index contributed by atoms with van der Waals surface area (Å²) in [4.78, 5) is 14.7. The first-order chi connectivity index (χ1) is 15.9. The number of carbonyl (C=O) groups excluding carboxylic acids is 1. The smallest absolute Gasteiger partial charge is 0.405 e. The number of para-hydroxylation sites is 1. The van der Waals surface area contributed by atoms with E-state index in [0.29, 0.717) is 25.9 Å². The van der Waals surface area contributed by atoms with Crippen molar-refractivity contribution in [3.05, 3.63) is 72.3 Å². The average Bonchev–Trinajstić information content (AvgIpc) is 2.83. The number of ether oxygens (including phenoxy) is 1. The summed E-state index contributed by atoms with van der Waals surface area (Å²) >= 11 is 0. The van der Waals surface area contributed by atoms with E-state index in [4.69, 9.17) is 0 Å². The van der Waals surface area contributed by atoms with E-state index < -0.39 is 6.36 Å². The van der Waals surface area contributed by atoms with E-state index in [1.54, 1.807) is 6.07 Å². The monoisotopic (exact) mass is 456 g/mol. The summed E-state index contributed by atoms with van der Waals surface area (Å²) in [5, 5.41) is 11.4. The van der Waals surface area contributed by atoms with Crippen LogP contribution in [-0.2, 0) is 11.3 Å². The van der Waals surface area contributed by atoms with E-state index in [0.717, 1.165) is 17.1 Å². The van der Waals surface area contributed by atoms with Crippen molar-refractivity contribution < 1.29 is 22.7 Å². The maximum absolute atomic E-state index is 12.6. The third kappa shape index (κ3) is 6.00. The molecule has 3 aromatic rings. The lowest BCUT2D eigenvalue weighted by atomic mass is 9.95. The molecule has 9 heteroatoms. The molecule has 0 saturated carbocycles. The van der Waals surface area contributed by atoms with Gasteiger partial charge in [0.05, 0.1) is 5.69 Å². The van der Waals surface area contributed by atoms with Gasteiger partial charge in [-0.05, 0) is 31.0 Å². The number of benzene rings is 2. The summed E-state index contributed by atoms with van der Waals surface area (Å²) in [6, 6.07) is 19.4. The number of hydrogen-bond donors (Lipinski definition) is 1. The highest BCUT2D eigenvalue weighted by Gasteiger charge is 2.32. The van der Waals surface area contributed by atoms with E-state index in [2.05, 4.69) is 25.2 Å². The summed E-state index contributed by atoms with van der Waals surface area (Å²) in [5.74, 6) is 0.0554. The molecule has 4 rings (SSSR count). The fraction of sp³-hybridized carbons (Fsp3) is 0.292. The van der Waals surface area contributed by atoms with Crippen LogP contribution >= 0.6 is 0 Å². The van der Waals surface area contributed by atoms with Crippen LogP contribution in [-0.4, -0.2) is 35.6 Å². The molecule has 1 fully saturated rings. The number of amides is 1. The molecule has 0 aliphatic carbocycles. The number of hydrogen-bond acceptors (Lipinski definition) is 5. The Balaban J connectivity index is 1.29. The van der Waals surface area contributed by atoms with E-state index in [9.17, 15) is 18.0 Å². The Morgan fingerprint density at radius 3 is 2.33 bits per heavy atom. The van der Waals surface area contributed by atoms with Crippen LogP contribution in [0.4, 0.5) is 19.0 Å². The van der Waals surface area contributed by atoms with Crippen LogP contribution < -0.4 is 15.0 Å². The molecule has 1 aliphatic heterocycles. The van der Waals surface area contributed by atoms with Crippen LogP contribution in [0.3, 0.4) is 0 Å². The van der Waals surface area contributed by atoms with Gasteiger partial charge in [0.15, 0.2) is 5.82 Å². The van der Waals surface area contributed by atoms with Crippen molar-refractivity contribution >= 4 is 11.7 Å². The fourth-order valence-corrected chi connectivity index (χ4v) is 3.83. The van der Waals surface area contributed by atoms with Crippen molar-refractivity contribution in [2.24, 2.45) is 5.92 Å². The number of piperidine rings is 1. The molecule has 6 nitrogen and oxygen atoms in total. The van der Waals surface area contributed by atoms with E-state index in [-0.39, 0.29) is 29.7 Å². The topological polar surface area (TPSA) is 67.3 Å². The Morgan fingerprint density at radius 1 is 0.970 bits per heavy atom. The van der Waals surface area contributed by atoms with Crippen LogP contribution in [0.15, 0.2) is 66.7 Å².